The van der Waals surface area contributed by atoms with E-state index in [1.807, 2.05) is 37.4 Å². The minimum absolute atomic E-state index is 0. The molecule has 0 bridgehead atoms. The van der Waals surface area contributed by atoms with Gasteiger partial charge in [-0.05, 0) is 37.5 Å². The number of rotatable bonds is 6. The van der Waals surface area contributed by atoms with Gasteiger partial charge in [0.2, 0.25) is 0 Å². The molecule has 1 aromatic heterocycles. The lowest BCUT2D eigenvalue weighted by Crippen LogP contribution is -2.22. The third-order valence-electron chi connectivity index (χ3n) is 3.16. The van der Waals surface area contributed by atoms with Crippen molar-refractivity contribution < 1.29 is 4.74 Å². The van der Waals surface area contributed by atoms with E-state index in [-0.39, 0.29) is 24.0 Å². The summed E-state index contributed by atoms with van der Waals surface area (Å²) in [5.41, 5.74) is 9.07. The van der Waals surface area contributed by atoms with Crippen LogP contribution in [0.15, 0.2) is 35.5 Å². The van der Waals surface area contributed by atoms with Crippen LogP contribution < -0.4 is 15.8 Å². The second-order valence-electron chi connectivity index (χ2n) is 4.75. The van der Waals surface area contributed by atoms with E-state index in [0.29, 0.717) is 12.5 Å². The van der Waals surface area contributed by atoms with Gasteiger partial charge in [-0.15, -0.1) is 24.0 Å². The first-order valence-corrected chi connectivity index (χ1v) is 6.89. The molecule has 0 atom stereocenters. The smallest absolute Gasteiger partial charge is 0.193 e. The number of aryl methyl sites for hydroxylation is 2. The Morgan fingerprint density at radius 3 is 2.95 bits per heavy atom. The van der Waals surface area contributed by atoms with E-state index in [9.17, 15) is 0 Å². The molecule has 0 fully saturated rings. The minimum Gasteiger partial charge on any atom is -0.497 e. The Balaban J connectivity index is 0.00000242. The fourth-order valence-corrected chi connectivity index (χ4v) is 1.98. The Morgan fingerprint density at radius 1 is 1.45 bits per heavy atom. The van der Waals surface area contributed by atoms with Gasteiger partial charge in [0.05, 0.1) is 13.3 Å². The number of aliphatic imine (C=N–C) groups is 1. The molecule has 0 unspecified atom stereocenters. The number of methoxy groups -OCH3 is 1. The molecule has 0 radical (unpaired) electrons. The maximum Gasteiger partial charge on any atom is 0.193 e. The molecule has 1 aromatic carbocycles. The summed E-state index contributed by atoms with van der Waals surface area (Å²) in [6, 6.07) is 7.57. The summed E-state index contributed by atoms with van der Waals surface area (Å²) in [5, 5.41) is 9.98. The Morgan fingerprint density at radius 2 is 2.27 bits per heavy atom. The molecule has 2 rings (SSSR count). The van der Waals surface area contributed by atoms with Gasteiger partial charge >= 0.3 is 0 Å². The Labute approximate surface area is 147 Å². The number of aromatic amines is 1. The van der Waals surface area contributed by atoms with Crippen molar-refractivity contribution in [2.45, 2.75) is 19.8 Å². The molecule has 22 heavy (non-hydrogen) atoms. The number of hydrogen-bond acceptors (Lipinski definition) is 3. The van der Waals surface area contributed by atoms with E-state index in [4.69, 9.17) is 10.5 Å². The van der Waals surface area contributed by atoms with Gasteiger partial charge in [-0.3, -0.25) is 10.1 Å². The molecule has 120 valence electrons. The van der Waals surface area contributed by atoms with E-state index < -0.39 is 0 Å². The highest BCUT2D eigenvalue weighted by atomic mass is 127. The maximum atomic E-state index is 5.87. The van der Waals surface area contributed by atoms with E-state index in [1.165, 1.54) is 5.56 Å². The lowest BCUT2D eigenvalue weighted by molar-refractivity contribution is 0.415. The third kappa shape index (κ3) is 5.55. The van der Waals surface area contributed by atoms with Gasteiger partial charge in [0.25, 0.3) is 0 Å². The van der Waals surface area contributed by atoms with Crippen LogP contribution in [-0.2, 0) is 6.42 Å². The molecule has 0 aliphatic heterocycles. The predicted molar refractivity (Wildman–Crippen MR) is 100 cm³/mol. The number of halogens is 1. The fraction of sp³-hybridized carbons (Fsp3) is 0.333. The zero-order valence-electron chi connectivity index (χ0n) is 12.8. The van der Waals surface area contributed by atoms with Crippen molar-refractivity contribution in [2.24, 2.45) is 10.7 Å². The molecular formula is C15H22IN5O. The van der Waals surface area contributed by atoms with Crippen molar-refractivity contribution in [3.8, 4) is 5.75 Å². The topological polar surface area (TPSA) is 88.3 Å². The van der Waals surface area contributed by atoms with Gasteiger partial charge in [-0.2, -0.15) is 5.10 Å². The second kappa shape index (κ2) is 9.29. The van der Waals surface area contributed by atoms with E-state index in [2.05, 4.69) is 20.5 Å². The van der Waals surface area contributed by atoms with Gasteiger partial charge in [-0.1, -0.05) is 6.07 Å². The summed E-state index contributed by atoms with van der Waals surface area (Å²) in [4.78, 5) is 4.32. The number of anilines is 1. The Bertz CT molecular complexity index is 611. The average molecular weight is 415 g/mol. The lowest BCUT2D eigenvalue weighted by Gasteiger charge is -2.07. The summed E-state index contributed by atoms with van der Waals surface area (Å²) in [6.45, 7) is 2.69. The highest BCUT2D eigenvalue weighted by molar-refractivity contribution is 14.0. The number of H-pyrrole nitrogens is 1. The molecule has 0 spiro atoms. The maximum absolute atomic E-state index is 5.87. The zero-order valence-corrected chi connectivity index (χ0v) is 15.1. The predicted octanol–water partition coefficient (Wildman–Crippen LogP) is 2.70. The quantitative estimate of drug-likeness (QED) is 0.293. The van der Waals surface area contributed by atoms with Gasteiger partial charge in [0.1, 0.15) is 5.75 Å². The third-order valence-corrected chi connectivity index (χ3v) is 3.16. The summed E-state index contributed by atoms with van der Waals surface area (Å²) >= 11 is 0. The molecule has 6 nitrogen and oxygen atoms in total. The van der Waals surface area contributed by atoms with Crippen LogP contribution in [0, 0.1) is 6.92 Å². The molecule has 1 heterocycles. The average Bonchev–Trinajstić information content (AvgIpc) is 2.89. The highest BCUT2D eigenvalue weighted by Crippen LogP contribution is 2.16. The van der Waals surface area contributed by atoms with Crippen LogP contribution in [0.2, 0.25) is 0 Å². The van der Waals surface area contributed by atoms with E-state index in [0.717, 1.165) is 30.0 Å². The molecule has 2 aromatic rings. The Kier molecular flexibility index (Phi) is 7.72. The fourth-order valence-electron chi connectivity index (χ4n) is 1.98. The summed E-state index contributed by atoms with van der Waals surface area (Å²) in [6.07, 6.45) is 3.73. The largest absolute Gasteiger partial charge is 0.497 e. The van der Waals surface area contributed by atoms with Crippen LogP contribution >= 0.6 is 24.0 Å². The molecular weight excluding hydrogens is 393 g/mol. The molecule has 0 amide bonds. The van der Waals surface area contributed by atoms with Gasteiger partial charge < -0.3 is 15.8 Å². The Hall–Kier alpha value is -1.77. The molecule has 0 saturated heterocycles. The van der Waals surface area contributed by atoms with Crippen LogP contribution in [0.25, 0.3) is 0 Å². The van der Waals surface area contributed by atoms with Crippen LogP contribution in [0.4, 0.5) is 5.69 Å². The van der Waals surface area contributed by atoms with E-state index >= 15 is 0 Å². The second-order valence-corrected chi connectivity index (χ2v) is 4.75. The first-order chi connectivity index (χ1) is 10.2. The number of aromatic nitrogens is 2. The standard InChI is InChI=1S/C15H21N5O.HI/c1-11-12(10-18-20-11)5-4-8-17-15(16)19-13-6-3-7-14(9-13)21-2;/h3,6-7,9-10H,4-5,8H2,1-2H3,(H,18,20)(H3,16,17,19);1H. The molecule has 0 aliphatic rings. The first-order valence-electron chi connectivity index (χ1n) is 6.89. The SMILES string of the molecule is COc1cccc(NC(N)=NCCCc2cn[nH]c2C)c1.I. The minimum atomic E-state index is 0. The number of hydrogen-bond donors (Lipinski definition) is 3. The number of nitrogens with two attached hydrogens (primary N) is 1. The number of nitrogens with one attached hydrogen (secondary N) is 2. The van der Waals surface area contributed by atoms with E-state index in [1.54, 1.807) is 7.11 Å². The number of ether oxygens (including phenoxy) is 1. The van der Waals surface area contributed by atoms with Crippen LogP contribution in [0.1, 0.15) is 17.7 Å². The van der Waals surface area contributed by atoms with Crippen molar-refractivity contribution in [3.63, 3.8) is 0 Å². The summed E-state index contributed by atoms with van der Waals surface area (Å²) < 4.78 is 5.16. The number of benzene rings is 1. The van der Waals surface area contributed by atoms with Crippen LogP contribution in [0.5, 0.6) is 5.75 Å². The van der Waals surface area contributed by atoms with Crippen LogP contribution in [0.3, 0.4) is 0 Å². The zero-order chi connectivity index (χ0) is 15.1. The van der Waals surface area contributed by atoms with Gasteiger partial charge in [0.15, 0.2) is 5.96 Å². The lowest BCUT2D eigenvalue weighted by atomic mass is 10.1. The normalized spacial score (nSPS) is 10.9. The molecule has 7 heteroatoms. The van der Waals surface area contributed by atoms with Crippen molar-refractivity contribution in [3.05, 3.63) is 41.7 Å². The van der Waals surface area contributed by atoms with Gasteiger partial charge in [0, 0.05) is 24.0 Å². The van der Waals surface area contributed by atoms with Crippen molar-refractivity contribution in [2.75, 3.05) is 19.0 Å². The summed E-state index contributed by atoms with van der Waals surface area (Å²) in [5.74, 6) is 1.19. The van der Waals surface area contributed by atoms with Crippen molar-refractivity contribution >= 4 is 35.6 Å². The number of guanidine groups is 1. The van der Waals surface area contributed by atoms with Gasteiger partial charge in [-0.25, -0.2) is 0 Å². The molecule has 4 N–H and O–H groups in total. The number of nitrogens with zero attached hydrogens (tertiary/aromatic N) is 2. The van der Waals surface area contributed by atoms with Crippen LogP contribution in [-0.4, -0.2) is 29.8 Å². The highest BCUT2D eigenvalue weighted by Gasteiger charge is 2.00. The summed E-state index contributed by atoms with van der Waals surface area (Å²) in [7, 11) is 1.63. The first kappa shape index (κ1) is 18.3. The van der Waals surface area contributed by atoms with Crippen molar-refractivity contribution in [1.82, 2.24) is 10.2 Å². The molecule has 0 aliphatic carbocycles. The monoisotopic (exact) mass is 415 g/mol. The van der Waals surface area contributed by atoms with Crippen molar-refractivity contribution in [1.29, 1.82) is 0 Å². The molecule has 0 saturated carbocycles.